The third-order valence-corrected chi connectivity index (χ3v) is 5.96. The predicted octanol–water partition coefficient (Wildman–Crippen LogP) is 4.01. The number of benzene rings is 1. The molecule has 26 heavy (non-hydrogen) atoms. The number of anilines is 1. The first kappa shape index (κ1) is 18.7. The van der Waals surface area contributed by atoms with Gasteiger partial charge in [0.15, 0.2) is 5.16 Å². The smallest absolute Gasteiger partial charge is 0.272 e. The highest BCUT2D eigenvalue weighted by Gasteiger charge is 2.16. The van der Waals surface area contributed by atoms with Crippen molar-refractivity contribution in [3.63, 3.8) is 0 Å². The average Bonchev–Trinajstić information content (AvgIpc) is 3.14. The molecule has 0 bridgehead atoms. The number of hydrogen-bond acceptors (Lipinski definition) is 5. The third kappa shape index (κ3) is 3.99. The summed E-state index contributed by atoms with van der Waals surface area (Å²) in [5.74, 6) is 0.211. The average molecular weight is 388 g/mol. The van der Waals surface area contributed by atoms with Crippen molar-refractivity contribution in [2.75, 3.05) is 17.7 Å². The van der Waals surface area contributed by atoms with Crippen molar-refractivity contribution in [2.45, 2.75) is 31.5 Å². The Bertz CT molecular complexity index is 950. The van der Waals surface area contributed by atoms with Gasteiger partial charge in [-0.2, -0.15) is 0 Å². The number of hydrogen-bond donors (Lipinski definition) is 0. The van der Waals surface area contributed by atoms with Crippen LogP contribution in [0.2, 0.25) is 0 Å². The van der Waals surface area contributed by atoms with Crippen LogP contribution in [0.1, 0.15) is 19.8 Å². The van der Waals surface area contributed by atoms with E-state index in [0.717, 1.165) is 18.5 Å². The van der Waals surface area contributed by atoms with Crippen LogP contribution >= 0.6 is 23.1 Å². The monoisotopic (exact) mass is 387 g/mol. The first-order chi connectivity index (χ1) is 12.6. The number of unbranched alkanes of at least 4 members (excludes halogenated alkanes) is 1. The Labute approximate surface area is 160 Å². The lowest BCUT2D eigenvalue weighted by Crippen LogP contribution is -2.29. The van der Waals surface area contributed by atoms with Gasteiger partial charge in [0.2, 0.25) is 5.91 Å². The summed E-state index contributed by atoms with van der Waals surface area (Å²) in [7, 11) is 1.76. The molecule has 7 heteroatoms. The van der Waals surface area contributed by atoms with E-state index in [9.17, 15) is 9.59 Å². The molecule has 0 saturated carbocycles. The van der Waals surface area contributed by atoms with Gasteiger partial charge in [-0.1, -0.05) is 43.3 Å². The van der Waals surface area contributed by atoms with Crippen LogP contribution in [0.5, 0.6) is 0 Å². The molecule has 0 radical (unpaired) electrons. The van der Waals surface area contributed by atoms with Crippen LogP contribution in [-0.4, -0.2) is 28.3 Å². The zero-order chi connectivity index (χ0) is 18.5. The summed E-state index contributed by atoms with van der Waals surface area (Å²) >= 11 is 2.74. The minimum atomic E-state index is -0.0251. The fourth-order valence-corrected chi connectivity index (χ4v) is 4.28. The van der Waals surface area contributed by atoms with Crippen LogP contribution in [0.25, 0.3) is 10.2 Å². The van der Waals surface area contributed by atoms with Crippen LogP contribution in [0.4, 0.5) is 5.69 Å². The molecule has 0 unspecified atom stereocenters. The molecule has 0 N–H and O–H groups in total. The Morgan fingerprint density at radius 1 is 1.27 bits per heavy atom. The van der Waals surface area contributed by atoms with Crippen molar-refractivity contribution in [1.29, 1.82) is 0 Å². The van der Waals surface area contributed by atoms with Gasteiger partial charge in [-0.3, -0.25) is 14.2 Å². The molecule has 0 atom stereocenters. The normalized spacial score (nSPS) is 11.0. The second kappa shape index (κ2) is 8.51. The van der Waals surface area contributed by atoms with Crippen LogP contribution in [-0.2, 0) is 11.3 Å². The summed E-state index contributed by atoms with van der Waals surface area (Å²) in [5.41, 5.74) is 1.55. The second-order valence-electron chi connectivity index (χ2n) is 5.92. The van der Waals surface area contributed by atoms with Gasteiger partial charge >= 0.3 is 0 Å². The molecule has 0 aliphatic heterocycles. The number of para-hydroxylation sites is 1. The van der Waals surface area contributed by atoms with E-state index in [-0.39, 0.29) is 17.2 Å². The van der Waals surface area contributed by atoms with Gasteiger partial charge in [-0.25, -0.2) is 4.98 Å². The molecule has 2 heterocycles. The zero-order valence-electron chi connectivity index (χ0n) is 14.8. The molecule has 0 aliphatic carbocycles. The minimum Gasteiger partial charge on any atom is -0.315 e. The number of nitrogens with zero attached hydrogens (tertiary/aromatic N) is 3. The molecule has 3 rings (SSSR count). The minimum absolute atomic E-state index is 0.00943. The fraction of sp³-hybridized carbons (Fsp3) is 0.316. The molecule has 0 spiro atoms. The Balaban J connectivity index is 1.81. The lowest BCUT2D eigenvalue weighted by atomic mass is 10.3. The molecule has 136 valence electrons. The van der Waals surface area contributed by atoms with E-state index in [0.29, 0.717) is 21.9 Å². The van der Waals surface area contributed by atoms with Gasteiger partial charge in [-0.15, -0.1) is 11.3 Å². The quantitative estimate of drug-likeness (QED) is 0.454. The van der Waals surface area contributed by atoms with E-state index in [4.69, 9.17) is 0 Å². The van der Waals surface area contributed by atoms with Gasteiger partial charge in [0.25, 0.3) is 5.56 Å². The Morgan fingerprint density at radius 3 is 2.77 bits per heavy atom. The van der Waals surface area contributed by atoms with Gasteiger partial charge in [-0.05, 0) is 30.0 Å². The topological polar surface area (TPSA) is 55.2 Å². The number of carbonyl (C=O) groups is 1. The highest BCUT2D eigenvalue weighted by Crippen LogP contribution is 2.22. The fourth-order valence-electron chi connectivity index (χ4n) is 2.57. The Hall–Kier alpha value is -2.12. The summed E-state index contributed by atoms with van der Waals surface area (Å²) in [4.78, 5) is 31.5. The number of thioether (sulfide) groups is 1. The van der Waals surface area contributed by atoms with E-state index >= 15 is 0 Å². The maximum absolute atomic E-state index is 12.7. The Morgan fingerprint density at radius 2 is 2.04 bits per heavy atom. The molecule has 5 nitrogen and oxygen atoms in total. The SMILES string of the molecule is CCCCn1c(SCC(=O)N(C)c2ccccc2)nc2ccsc2c1=O. The molecular weight excluding hydrogens is 366 g/mol. The van der Waals surface area contributed by atoms with Crippen molar-refractivity contribution < 1.29 is 4.79 Å². The van der Waals surface area contributed by atoms with Gasteiger partial charge in [0.1, 0.15) is 4.70 Å². The maximum atomic E-state index is 12.7. The summed E-state index contributed by atoms with van der Waals surface area (Å²) in [6, 6.07) is 11.4. The van der Waals surface area contributed by atoms with E-state index in [1.54, 1.807) is 16.5 Å². The standard InChI is InChI=1S/C19H21N3O2S2/c1-3-4-11-22-18(24)17-15(10-12-25-17)20-19(22)26-13-16(23)21(2)14-8-6-5-7-9-14/h5-10,12H,3-4,11,13H2,1-2H3. The molecule has 1 aromatic carbocycles. The van der Waals surface area contributed by atoms with Gasteiger partial charge in [0.05, 0.1) is 11.3 Å². The van der Waals surface area contributed by atoms with E-state index in [1.165, 1.54) is 23.1 Å². The Kier molecular flexibility index (Phi) is 6.11. The van der Waals surface area contributed by atoms with Crippen molar-refractivity contribution in [3.05, 3.63) is 52.1 Å². The van der Waals surface area contributed by atoms with E-state index in [2.05, 4.69) is 11.9 Å². The summed E-state index contributed by atoms with van der Waals surface area (Å²) < 4.78 is 2.39. The van der Waals surface area contributed by atoms with Crippen LogP contribution in [0.15, 0.2) is 51.7 Å². The first-order valence-corrected chi connectivity index (χ1v) is 10.4. The summed E-state index contributed by atoms with van der Waals surface area (Å²) in [6.45, 7) is 2.72. The number of carbonyl (C=O) groups excluding carboxylic acids is 1. The van der Waals surface area contributed by atoms with Gasteiger partial charge in [0, 0.05) is 19.3 Å². The molecule has 0 aliphatic rings. The molecule has 2 aromatic heterocycles. The summed E-state index contributed by atoms with van der Waals surface area (Å²) in [6.07, 6.45) is 1.90. The van der Waals surface area contributed by atoms with E-state index in [1.807, 2.05) is 41.8 Å². The number of thiophene rings is 1. The summed E-state index contributed by atoms with van der Waals surface area (Å²) in [5, 5.41) is 2.50. The first-order valence-electron chi connectivity index (χ1n) is 8.54. The number of fused-ring (bicyclic) bond motifs is 1. The third-order valence-electron chi connectivity index (χ3n) is 4.11. The lowest BCUT2D eigenvalue weighted by molar-refractivity contribution is -0.115. The number of amides is 1. The van der Waals surface area contributed by atoms with Gasteiger partial charge < -0.3 is 4.90 Å². The van der Waals surface area contributed by atoms with Crippen molar-refractivity contribution >= 4 is 44.9 Å². The van der Waals surface area contributed by atoms with E-state index < -0.39 is 0 Å². The van der Waals surface area contributed by atoms with Crippen molar-refractivity contribution in [2.24, 2.45) is 0 Å². The maximum Gasteiger partial charge on any atom is 0.272 e. The largest absolute Gasteiger partial charge is 0.315 e. The molecule has 3 aromatic rings. The van der Waals surface area contributed by atoms with Crippen LogP contribution in [0.3, 0.4) is 0 Å². The van der Waals surface area contributed by atoms with Crippen molar-refractivity contribution in [1.82, 2.24) is 9.55 Å². The molecule has 1 amide bonds. The zero-order valence-corrected chi connectivity index (χ0v) is 16.5. The molecule has 0 saturated heterocycles. The van der Waals surface area contributed by atoms with Crippen LogP contribution in [0, 0.1) is 0 Å². The molecule has 0 fully saturated rings. The second-order valence-corrected chi connectivity index (χ2v) is 7.78. The lowest BCUT2D eigenvalue weighted by Gasteiger charge is -2.17. The van der Waals surface area contributed by atoms with Crippen molar-refractivity contribution in [3.8, 4) is 0 Å². The molecular formula is C19H21N3O2S2. The highest BCUT2D eigenvalue weighted by molar-refractivity contribution is 7.99. The number of aromatic nitrogens is 2. The highest BCUT2D eigenvalue weighted by atomic mass is 32.2. The number of rotatable bonds is 7. The predicted molar refractivity (Wildman–Crippen MR) is 109 cm³/mol. The van der Waals surface area contributed by atoms with Crippen LogP contribution < -0.4 is 10.5 Å².